The molecular weight excluding hydrogens is 255 g/mol. The fraction of sp³-hybridized carbons (Fsp3) is 0.188. The van der Waals surface area contributed by atoms with Gasteiger partial charge in [0.2, 0.25) is 0 Å². The molecule has 4 heteroatoms. The predicted octanol–water partition coefficient (Wildman–Crippen LogP) is 3.90. The Morgan fingerprint density at radius 3 is 2.50 bits per heavy atom. The molecule has 0 saturated heterocycles. The number of hydrogen-bond acceptors (Lipinski definition) is 3. The third-order valence-corrected chi connectivity index (χ3v) is 3.04. The van der Waals surface area contributed by atoms with Crippen LogP contribution in [0.5, 0.6) is 11.5 Å². The van der Waals surface area contributed by atoms with E-state index in [4.69, 9.17) is 15.7 Å². The summed E-state index contributed by atoms with van der Waals surface area (Å²) in [6.45, 7) is 2.02. The minimum absolute atomic E-state index is 0.00398. The van der Waals surface area contributed by atoms with Gasteiger partial charge in [-0.15, -0.1) is 0 Å². The highest BCUT2D eigenvalue weighted by Crippen LogP contribution is 2.26. The van der Waals surface area contributed by atoms with E-state index in [0.29, 0.717) is 5.75 Å². The van der Waals surface area contributed by atoms with Crippen LogP contribution in [0.25, 0.3) is 0 Å². The van der Waals surface area contributed by atoms with Crippen LogP contribution in [0, 0.1) is 17.1 Å². The Bertz CT molecular complexity index is 632. The van der Waals surface area contributed by atoms with Crippen molar-refractivity contribution in [2.24, 2.45) is 5.73 Å². The zero-order valence-corrected chi connectivity index (χ0v) is 11.1. The highest BCUT2D eigenvalue weighted by molar-refractivity contribution is 5.39. The summed E-state index contributed by atoms with van der Waals surface area (Å²) < 4.78 is 19.1. The van der Waals surface area contributed by atoms with E-state index >= 15 is 0 Å². The van der Waals surface area contributed by atoms with Crippen LogP contribution in [0.1, 0.15) is 30.5 Å². The molecule has 0 radical (unpaired) electrons. The number of ether oxygens (including phenoxy) is 1. The van der Waals surface area contributed by atoms with Gasteiger partial charge in [0, 0.05) is 6.04 Å². The lowest BCUT2D eigenvalue weighted by Gasteiger charge is -2.11. The molecule has 1 atom stereocenters. The van der Waals surface area contributed by atoms with Gasteiger partial charge in [0.25, 0.3) is 0 Å². The van der Waals surface area contributed by atoms with Gasteiger partial charge in [-0.3, -0.25) is 0 Å². The number of rotatable bonds is 4. The van der Waals surface area contributed by atoms with Crippen molar-refractivity contribution in [2.75, 3.05) is 0 Å². The Hall–Kier alpha value is -2.38. The smallest absolute Gasteiger partial charge is 0.167 e. The molecule has 2 N–H and O–H groups in total. The van der Waals surface area contributed by atoms with Crippen molar-refractivity contribution in [3.8, 4) is 17.6 Å². The Morgan fingerprint density at radius 2 is 1.95 bits per heavy atom. The highest BCUT2D eigenvalue weighted by Gasteiger charge is 2.07. The van der Waals surface area contributed by atoms with Crippen LogP contribution in [0.3, 0.4) is 0 Å². The second-order valence-electron chi connectivity index (χ2n) is 4.44. The lowest BCUT2D eigenvalue weighted by Crippen LogP contribution is -2.08. The number of nitrogens with two attached hydrogens (primary N) is 1. The fourth-order valence-corrected chi connectivity index (χ4v) is 1.80. The summed E-state index contributed by atoms with van der Waals surface area (Å²) in [6, 6.07) is 13.2. The van der Waals surface area contributed by atoms with E-state index in [2.05, 4.69) is 0 Å². The van der Waals surface area contributed by atoms with Crippen molar-refractivity contribution in [1.82, 2.24) is 0 Å². The van der Waals surface area contributed by atoms with Gasteiger partial charge in [-0.05, 0) is 42.3 Å². The average molecular weight is 270 g/mol. The topological polar surface area (TPSA) is 59.0 Å². The lowest BCUT2D eigenvalue weighted by atomic mass is 10.1. The van der Waals surface area contributed by atoms with Gasteiger partial charge >= 0.3 is 0 Å². The molecule has 0 aliphatic rings. The van der Waals surface area contributed by atoms with Gasteiger partial charge in [0.1, 0.15) is 5.75 Å². The number of benzene rings is 2. The molecule has 0 heterocycles. The van der Waals surface area contributed by atoms with E-state index in [9.17, 15) is 4.39 Å². The maximum absolute atomic E-state index is 13.7. The SMILES string of the molecule is CC[C@@H](N)c1ccc(Oc2ccc(C#N)cc2F)cc1. The third kappa shape index (κ3) is 3.14. The lowest BCUT2D eigenvalue weighted by molar-refractivity contribution is 0.442. The van der Waals surface area contributed by atoms with Gasteiger partial charge in [-0.2, -0.15) is 5.26 Å². The van der Waals surface area contributed by atoms with Crippen molar-refractivity contribution in [1.29, 1.82) is 5.26 Å². The first-order valence-corrected chi connectivity index (χ1v) is 6.37. The van der Waals surface area contributed by atoms with Crippen LogP contribution in [0.2, 0.25) is 0 Å². The summed E-state index contributed by atoms with van der Waals surface area (Å²) in [5.41, 5.74) is 7.20. The van der Waals surface area contributed by atoms with Crippen molar-refractivity contribution >= 4 is 0 Å². The second kappa shape index (κ2) is 6.18. The molecule has 20 heavy (non-hydrogen) atoms. The Balaban J connectivity index is 2.16. The minimum Gasteiger partial charge on any atom is -0.454 e. The molecule has 0 unspecified atom stereocenters. The molecule has 2 rings (SSSR count). The molecule has 102 valence electrons. The third-order valence-electron chi connectivity index (χ3n) is 3.04. The molecule has 0 fully saturated rings. The normalized spacial score (nSPS) is 11.7. The second-order valence-corrected chi connectivity index (χ2v) is 4.44. The molecule has 2 aromatic rings. The first-order chi connectivity index (χ1) is 9.63. The van der Waals surface area contributed by atoms with E-state index in [-0.39, 0.29) is 17.4 Å². The molecule has 0 aliphatic carbocycles. The molecule has 2 aromatic carbocycles. The molecule has 0 saturated carbocycles. The summed E-state index contributed by atoms with van der Waals surface area (Å²) in [5.74, 6) is 0.0654. The van der Waals surface area contributed by atoms with E-state index in [1.165, 1.54) is 12.1 Å². The Morgan fingerprint density at radius 1 is 1.25 bits per heavy atom. The van der Waals surface area contributed by atoms with E-state index < -0.39 is 5.82 Å². The summed E-state index contributed by atoms with van der Waals surface area (Å²) in [4.78, 5) is 0. The molecule has 0 aromatic heterocycles. The standard InChI is InChI=1S/C16H15FN2O/c1-2-15(19)12-4-6-13(7-5-12)20-16-8-3-11(10-18)9-14(16)17/h3-9,15H,2,19H2,1H3/t15-/m1/s1. The van der Waals surface area contributed by atoms with Crippen molar-refractivity contribution in [3.05, 3.63) is 59.4 Å². The van der Waals surface area contributed by atoms with E-state index in [0.717, 1.165) is 18.1 Å². The number of halogens is 1. The Kier molecular flexibility index (Phi) is 4.34. The van der Waals surface area contributed by atoms with Gasteiger partial charge in [-0.1, -0.05) is 19.1 Å². The van der Waals surface area contributed by atoms with E-state index in [1.807, 2.05) is 25.1 Å². The summed E-state index contributed by atoms with van der Waals surface area (Å²) in [7, 11) is 0. The monoisotopic (exact) mass is 270 g/mol. The first-order valence-electron chi connectivity index (χ1n) is 6.37. The molecule has 0 aliphatic heterocycles. The van der Waals surface area contributed by atoms with Crippen LogP contribution in [0.15, 0.2) is 42.5 Å². The molecule has 0 bridgehead atoms. The van der Waals surface area contributed by atoms with Crippen molar-refractivity contribution in [2.45, 2.75) is 19.4 Å². The van der Waals surface area contributed by atoms with E-state index in [1.54, 1.807) is 12.1 Å². The predicted molar refractivity (Wildman–Crippen MR) is 74.9 cm³/mol. The zero-order valence-electron chi connectivity index (χ0n) is 11.1. The molecular formula is C16H15FN2O. The highest BCUT2D eigenvalue weighted by atomic mass is 19.1. The molecule has 0 spiro atoms. The summed E-state index contributed by atoms with van der Waals surface area (Å²) >= 11 is 0. The van der Waals surface area contributed by atoms with Crippen LogP contribution in [-0.2, 0) is 0 Å². The van der Waals surface area contributed by atoms with Crippen molar-refractivity contribution in [3.63, 3.8) is 0 Å². The van der Waals surface area contributed by atoms with Crippen LogP contribution in [-0.4, -0.2) is 0 Å². The van der Waals surface area contributed by atoms with Crippen molar-refractivity contribution < 1.29 is 9.13 Å². The van der Waals surface area contributed by atoms with Gasteiger partial charge in [0.05, 0.1) is 11.6 Å². The first kappa shape index (κ1) is 14.0. The van der Waals surface area contributed by atoms with Gasteiger partial charge in [-0.25, -0.2) is 4.39 Å². The average Bonchev–Trinajstić information content (AvgIpc) is 2.49. The summed E-state index contributed by atoms with van der Waals surface area (Å²) in [6.07, 6.45) is 0.852. The number of nitrogens with zero attached hydrogens (tertiary/aromatic N) is 1. The largest absolute Gasteiger partial charge is 0.454 e. The minimum atomic E-state index is -0.557. The van der Waals surface area contributed by atoms with Gasteiger partial charge < -0.3 is 10.5 Å². The Labute approximate surface area is 117 Å². The molecule has 0 amide bonds. The summed E-state index contributed by atoms with van der Waals surface area (Å²) in [5, 5.41) is 8.68. The maximum Gasteiger partial charge on any atom is 0.167 e. The quantitative estimate of drug-likeness (QED) is 0.916. The van der Waals surface area contributed by atoms with Crippen LogP contribution < -0.4 is 10.5 Å². The number of hydrogen-bond donors (Lipinski definition) is 1. The number of nitriles is 1. The van der Waals surface area contributed by atoms with Crippen LogP contribution in [0.4, 0.5) is 4.39 Å². The maximum atomic E-state index is 13.7. The van der Waals surface area contributed by atoms with Gasteiger partial charge in [0.15, 0.2) is 11.6 Å². The fourth-order valence-electron chi connectivity index (χ4n) is 1.80. The van der Waals surface area contributed by atoms with Crippen LogP contribution >= 0.6 is 0 Å². The zero-order chi connectivity index (χ0) is 14.5. The molecule has 3 nitrogen and oxygen atoms in total.